The van der Waals surface area contributed by atoms with Crippen LogP contribution in [-0.4, -0.2) is 86.5 Å². The molecule has 120 heavy (non-hydrogen) atoms. The van der Waals surface area contributed by atoms with E-state index >= 15 is 19.2 Å². The Kier molecular flexibility index (Phi) is 28.3. The van der Waals surface area contributed by atoms with E-state index in [-0.39, 0.29) is 98.5 Å². The summed E-state index contributed by atoms with van der Waals surface area (Å²) in [6, 6.07) is 81.3. The number of phenolic OH excluding ortho intramolecular Hbond substituents is 4. The normalized spacial score (nSPS) is 15.5. The summed E-state index contributed by atoms with van der Waals surface area (Å²) in [5, 5.41) is 49.7. The summed E-state index contributed by atoms with van der Waals surface area (Å²) in [4.78, 5) is 64.3. The van der Waals surface area contributed by atoms with E-state index in [0.29, 0.717) is 23.3 Å². The Morgan fingerprint density at radius 2 is 0.667 bits per heavy atom. The van der Waals surface area contributed by atoms with E-state index in [1.54, 1.807) is 60.7 Å². The number of benzene rings is 12. The predicted molar refractivity (Wildman–Crippen MR) is 450 cm³/mol. The average molecular weight is 1640 g/mol. The van der Waals surface area contributed by atoms with Gasteiger partial charge in [0.25, 0.3) is 0 Å². The Hall–Kier alpha value is -13.6. The fourth-order valence-corrected chi connectivity index (χ4v) is 15.0. The minimum Gasteiger partial charge on any atom is -0.504 e. The summed E-state index contributed by atoms with van der Waals surface area (Å²) in [6.07, 6.45) is -2.21. The van der Waals surface area contributed by atoms with Crippen LogP contribution in [0.25, 0.3) is 11.1 Å². The Balaban J connectivity index is 0.936. The first-order valence-electron chi connectivity index (χ1n) is 39.7. The van der Waals surface area contributed by atoms with Crippen molar-refractivity contribution >= 4 is 35.6 Å². The molecule has 0 saturated carbocycles. The fourth-order valence-electron chi connectivity index (χ4n) is 13.8. The van der Waals surface area contributed by atoms with Crippen LogP contribution in [0.3, 0.4) is 0 Å². The summed E-state index contributed by atoms with van der Waals surface area (Å²) in [7, 11) is 0. The Labute approximate surface area is 699 Å². The number of cyclic esters (lactones) is 1. The number of rotatable bonds is 36. The van der Waals surface area contributed by atoms with E-state index in [1.165, 1.54) is 36.0 Å². The molecule has 614 valence electrons. The fraction of sp³-hybridized carbons (Fsp3) is 0.224. The van der Waals surface area contributed by atoms with Gasteiger partial charge < -0.3 is 82.0 Å². The number of hydrogen-bond donors (Lipinski definition) is 4. The van der Waals surface area contributed by atoms with Gasteiger partial charge in [0.15, 0.2) is 64.3 Å². The molecule has 5 atom stereocenters. The van der Waals surface area contributed by atoms with E-state index in [0.717, 1.165) is 77.6 Å². The van der Waals surface area contributed by atoms with Crippen molar-refractivity contribution in [2.24, 2.45) is 0 Å². The van der Waals surface area contributed by atoms with Crippen LogP contribution in [0.5, 0.6) is 69.0 Å². The van der Waals surface area contributed by atoms with Crippen molar-refractivity contribution < 1.29 is 101 Å². The molecule has 0 radical (unpaired) electrons. The standard InChI is InChI=1S/C98H90O21S/c1-2-3-4-5-6-31-48-120-98-93(119-95(104)73-51-80(109-57-66-36-19-9-20-37-66)90(114-62-71-46-29-14-30-47-71)81(52-73)110-58-67-38-21-10-22-39-67)92(118-94(103)72-49-78(107-55-64-32-15-7-16-33-64)89(113-61-70-44-27-13-28-45-70)79(50-72)108-56-65-34-17-8-18-35-65)91-82(116-98)63-115-96(105)74-53-76(99)87(111-59-68-40-23-11-24-41-68)85(101)83(74)84-75(97(106)117-91)54-77(100)88(86(84)102)112-60-69-42-25-12-26-43-69/h7-30,32-47,49-54,82,91-93,98-102H,2-6,31,48,55-63H2,1H3/t82-,91-,92+,93-,98+/m1/s1. The first-order valence-corrected chi connectivity index (χ1v) is 40.8. The predicted octanol–water partition coefficient (Wildman–Crippen LogP) is 19.8. The van der Waals surface area contributed by atoms with Gasteiger partial charge in [0.05, 0.1) is 22.3 Å². The number of carbonyl (C=O) groups is 4. The third-order valence-electron chi connectivity index (χ3n) is 20.0. The van der Waals surface area contributed by atoms with Crippen LogP contribution in [0.15, 0.2) is 279 Å². The van der Waals surface area contributed by atoms with Crippen molar-refractivity contribution in [1.82, 2.24) is 0 Å². The Morgan fingerprint density at radius 1 is 0.367 bits per heavy atom. The van der Waals surface area contributed by atoms with Crippen LogP contribution in [0.2, 0.25) is 0 Å². The Morgan fingerprint density at radius 3 is 1.01 bits per heavy atom. The van der Waals surface area contributed by atoms with Crippen molar-refractivity contribution in [2.75, 3.05) is 12.4 Å². The van der Waals surface area contributed by atoms with E-state index in [1.807, 2.05) is 182 Å². The molecule has 22 heteroatoms. The second-order valence-corrected chi connectivity index (χ2v) is 29.9. The monoisotopic (exact) mass is 1630 g/mol. The number of unbranched alkanes of at least 4 members (excludes halogenated alkanes) is 5. The largest absolute Gasteiger partial charge is 0.504 e. The lowest BCUT2D eigenvalue weighted by atomic mass is 9.91. The molecule has 4 N–H and O–H groups in total. The van der Waals surface area contributed by atoms with Crippen LogP contribution in [0, 0.1) is 0 Å². The summed E-state index contributed by atoms with van der Waals surface area (Å²) < 4.78 is 86.2. The van der Waals surface area contributed by atoms with Crippen molar-refractivity contribution in [3.8, 4) is 80.1 Å². The smallest absolute Gasteiger partial charge is 0.339 e. The molecule has 2 aliphatic heterocycles. The number of fused-ring (bicyclic) bond motifs is 4. The molecule has 0 aromatic heterocycles. The number of hydrogen-bond acceptors (Lipinski definition) is 22. The molecule has 1 fully saturated rings. The molecule has 12 aromatic carbocycles. The number of aromatic hydroxyl groups is 4. The summed E-state index contributed by atoms with van der Waals surface area (Å²) in [6.45, 7) is 0.795. The molecule has 21 nitrogen and oxygen atoms in total. The van der Waals surface area contributed by atoms with Crippen molar-refractivity contribution in [3.63, 3.8) is 0 Å². The molecule has 0 bridgehead atoms. The van der Waals surface area contributed by atoms with Gasteiger partial charge in [0.1, 0.15) is 71.0 Å². The lowest BCUT2D eigenvalue weighted by molar-refractivity contribution is -0.207. The zero-order chi connectivity index (χ0) is 82.9. The topological polar surface area (TPSA) is 269 Å². The van der Waals surface area contributed by atoms with Crippen molar-refractivity contribution in [1.29, 1.82) is 0 Å². The molecular formula is C98H90O21S. The average Bonchev–Trinajstić information content (AvgIpc) is 1.05. The van der Waals surface area contributed by atoms with Gasteiger partial charge in [-0.3, -0.25) is 0 Å². The maximum Gasteiger partial charge on any atom is 0.339 e. The number of thioether (sulfide) groups is 1. The zero-order valence-corrected chi connectivity index (χ0v) is 66.7. The minimum atomic E-state index is -2.02. The SMILES string of the molecule is CCCCCCCCS[C@@H]1O[C@@H]2COC(=O)c3cc(O)c(OCc4ccccc4)c(O)c3-c3c(cc(O)c(OCc4ccccc4)c3O)C(=O)O[C@H]2[C@H](OC(=O)c2cc(OCc3ccccc3)c(OCc3ccccc3)c(OCc3ccccc3)c2)[C@H]1OC(=O)c1cc(OCc2ccccc2)c(OCc2ccccc2)c(OCc2ccccc2)c1. The molecule has 1 saturated heterocycles. The number of ether oxygens (including phenoxy) is 13. The molecule has 0 amide bonds. The number of phenols is 4. The van der Waals surface area contributed by atoms with Crippen LogP contribution < -0.4 is 37.9 Å². The molecule has 14 rings (SSSR count). The molecule has 0 unspecified atom stereocenters. The number of esters is 4. The molecule has 12 aromatic rings. The van der Waals surface area contributed by atoms with Crippen molar-refractivity contribution in [3.05, 3.63) is 346 Å². The maximum absolute atomic E-state index is 16.4. The summed E-state index contributed by atoms with van der Waals surface area (Å²) in [5.41, 5.74) is 1.43. The Bertz CT molecular complexity index is 5270. The lowest BCUT2D eigenvalue weighted by Crippen LogP contribution is -2.61. The minimum absolute atomic E-state index is 0.00225. The highest BCUT2D eigenvalue weighted by molar-refractivity contribution is 7.99. The molecule has 0 spiro atoms. The third-order valence-corrected chi connectivity index (χ3v) is 21.2. The quantitative estimate of drug-likeness (QED) is 0.0161. The summed E-state index contributed by atoms with van der Waals surface area (Å²) in [5.74, 6) is -8.77. The highest BCUT2D eigenvalue weighted by Gasteiger charge is 2.54. The van der Waals surface area contributed by atoms with E-state index in [2.05, 4.69) is 6.92 Å². The van der Waals surface area contributed by atoms with Gasteiger partial charge >= 0.3 is 23.9 Å². The second kappa shape index (κ2) is 41.0. The zero-order valence-electron chi connectivity index (χ0n) is 65.9. The van der Waals surface area contributed by atoms with Gasteiger partial charge in [-0.05, 0) is 93.1 Å². The second-order valence-electron chi connectivity index (χ2n) is 28.7. The van der Waals surface area contributed by atoms with E-state index in [9.17, 15) is 20.4 Å². The molecular weight excluding hydrogens is 1550 g/mol. The van der Waals surface area contributed by atoms with Gasteiger partial charge in [-0.15, -0.1) is 11.8 Å². The maximum atomic E-state index is 16.4. The van der Waals surface area contributed by atoms with Gasteiger partial charge in [-0.1, -0.05) is 282 Å². The molecule has 2 heterocycles. The molecule has 2 aliphatic rings. The summed E-state index contributed by atoms with van der Waals surface area (Å²) >= 11 is 1.20. The highest BCUT2D eigenvalue weighted by atomic mass is 32.2. The van der Waals surface area contributed by atoms with Gasteiger partial charge in [0.2, 0.25) is 23.0 Å². The number of carbonyl (C=O) groups excluding carboxylic acids is 4. The first kappa shape index (κ1) is 82.9. The molecule has 0 aliphatic carbocycles. The van der Waals surface area contributed by atoms with Gasteiger partial charge in [0, 0.05) is 11.1 Å². The van der Waals surface area contributed by atoms with Gasteiger partial charge in [-0.25, -0.2) is 19.2 Å². The van der Waals surface area contributed by atoms with Crippen LogP contribution in [-0.2, 0) is 76.5 Å². The van der Waals surface area contributed by atoms with Crippen molar-refractivity contribution in [2.45, 2.75) is 128 Å². The van der Waals surface area contributed by atoms with Crippen LogP contribution >= 0.6 is 11.8 Å². The third kappa shape index (κ3) is 21.4. The first-order chi connectivity index (χ1) is 58.8. The lowest BCUT2D eigenvalue weighted by Gasteiger charge is -2.44. The van der Waals surface area contributed by atoms with Crippen LogP contribution in [0.1, 0.15) is 131 Å². The highest BCUT2D eigenvalue weighted by Crippen LogP contribution is 2.55. The van der Waals surface area contributed by atoms with E-state index < -0.39 is 117 Å². The van der Waals surface area contributed by atoms with E-state index in [4.69, 9.17) is 61.6 Å². The van der Waals surface area contributed by atoms with Crippen LogP contribution in [0.4, 0.5) is 0 Å². The van der Waals surface area contributed by atoms with Gasteiger partial charge in [-0.2, -0.15) is 0 Å².